The zero-order chi connectivity index (χ0) is 18.0. The average molecular weight is 376 g/mol. The molecule has 2 heterocycles. The Morgan fingerprint density at radius 3 is 2.76 bits per heavy atom. The third-order valence-electron chi connectivity index (χ3n) is 3.54. The van der Waals surface area contributed by atoms with Crippen LogP contribution >= 0.6 is 11.6 Å². The zero-order valence-corrected chi connectivity index (χ0v) is 14.8. The van der Waals surface area contributed by atoms with Crippen LogP contribution in [0.25, 0.3) is 11.0 Å². The lowest BCUT2D eigenvalue weighted by Crippen LogP contribution is -2.11. The van der Waals surface area contributed by atoms with Crippen LogP contribution in [0.15, 0.2) is 45.8 Å². The molecule has 0 aliphatic heterocycles. The van der Waals surface area contributed by atoms with Crippen molar-refractivity contribution in [2.24, 2.45) is 9.50 Å². The summed E-state index contributed by atoms with van der Waals surface area (Å²) in [5, 5.41) is 22.7. The summed E-state index contributed by atoms with van der Waals surface area (Å²) >= 11 is 6.24. The Labute approximate surface area is 149 Å². The lowest BCUT2D eigenvalue weighted by molar-refractivity contribution is 0.677. The van der Waals surface area contributed by atoms with E-state index in [0.29, 0.717) is 17.3 Å². The lowest BCUT2D eigenvalue weighted by Gasteiger charge is -2.09. The molecule has 0 fully saturated rings. The van der Waals surface area contributed by atoms with Gasteiger partial charge in [0.05, 0.1) is 16.0 Å². The fourth-order valence-electron chi connectivity index (χ4n) is 2.38. The molecule has 0 saturated heterocycles. The molecule has 1 unspecified atom stereocenters. The minimum absolute atomic E-state index is 0.274. The second kappa shape index (κ2) is 6.68. The van der Waals surface area contributed by atoms with Gasteiger partial charge in [-0.3, -0.25) is 0 Å². The molecule has 0 aliphatic carbocycles. The minimum Gasteiger partial charge on any atom is -0.355 e. The van der Waals surface area contributed by atoms with Crippen LogP contribution in [-0.4, -0.2) is 19.0 Å². The summed E-state index contributed by atoms with van der Waals surface area (Å²) in [5.74, 6) is 0. The van der Waals surface area contributed by atoms with Crippen molar-refractivity contribution in [3.05, 3.63) is 41.7 Å². The number of anilines is 2. The molecule has 1 aromatic carbocycles. The van der Waals surface area contributed by atoms with E-state index in [1.165, 1.54) is 6.19 Å². The largest absolute Gasteiger partial charge is 0.355 e. The first kappa shape index (κ1) is 17.2. The van der Waals surface area contributed by atoms with E-state index in [9.17, 15) is 4.21 Å². The quantitative estimate of drug-likeness (QED) is 0.678. The molecule has 25 heavy (non-hydrogen) atoms. The van der Waals surface area contributed by atoms with Gasteiger partial charge in [-0.1, -0.05) is 11.6 Å². The Kier molecular flexibility index (Phi) is 4.59. The molecule has 3 N–H and O–H groups in total. The standard InChI is InChI=1S/C15H14ClN7OS/c1-2-23-15-13(14(16)22-23)12(7-8-19-15)21-10-3-5-11(6-4-10)25(18,24)20-9-17/h3-8H,2H2,1H3,(H,19,21)(H2,18,20,24). The fourth-order valence-corrected chi connectivity index (χ4v) is 3.41. The molecule has 2 aromatic heterocycles. The van der Waals surface area contributed by atoms with Crippen molar-refractivity contribution >= 4 is 43.9 Å². The molecule has 0 amide bonds. The molecule has 128 valence electrons. The Bertz CT molecular complexity index is 1090. The number of fused-ring (bicyclic) bond motifs is 1. The van der Waals surface area contributed by atoms with E-state index in [1.807, 2.05) is 6.92 Å². The Morgan fingerprint density at radius 2 is 2.12 bits per heavy atom. The van der Waals surface area contributed by atoms with Gasteiger partial charge in [0.1, 0.15) is 9.92 Å². The van der Waals surface area contributed by atoms with Crippen molar-refractivity contribution in [3.8, 4) is 6.19 Å². The molecule has 0 radical (unpaired) electrons. The molecule has 1 atom stereocenters. The SMILES string of the molecule is CCn1nc(Cl)c2c(Nc3ccc(S(N)(=O)=NC#N)cc3)ccnc21. The summed E-state index contributed by atoms with van der Waals surface area (Å²) in [4.78, 5) is 4.59. The number of benzene rings is 1. The summed E-state index contributed by atoms with van der Waals surface area (Å²) in [5.41, 5.74) is 2.16. The van der Waals surface area contributed by atoms with Gasteiger partial charge in [0, 0.05) is 18.4 Å². The van der Waals surface area contributed by atoms with E-state index in [1.54, 1.807) is 41.2 Å². The van der Waals surface area contributed by atoms with Gasteiger partial charge in [-0.05, 0) is 37.3 Å². The third kappa shape index (κ3) is 3.28. The van der Waals surface area contributed by atoms with Crippen LogP contribution in [-0.2, 0) is 16.5 Å². The second-order valence-electron chi connectivity index (χ2n) is 5.07. The first-order valence-corrected chi connectivity index (χ1v) is 9.23. The molecule has 0 bridgehead atoms. The highest BCUT2D eigenvalue weighted by molar-refractivity contribution is 7.91. The van der Waals surface area contributed by atoms with Crippen LogP contribution in [0, 0.1) is 11.5 Å². The molecular weight excluding hydrogens is 362 g/mol. The first-order chi connectivity index (χ1) is 12.0. The van der Waals surface area contributed by atoms with Gasteiger partial charge in [0.15, 0.2) is 10.8 Å². The van der Waals surface area contributed by atoms with Crippen LogP contribution in [0.3, 0.4) is 0 Å². The summed E-state index contributed by atoms with van der Waals surface area (Å²) in [6.45, 7) is 2.61. The number of nitriles is 1. The number of aromatic nitrogens is 3. The van der Waals surface area contributed by atoms with E-state index < -0.39 is 9.92 Å². The second-order valence-corrected chi connectivity index (χ2v) is 7.22. The number of nitrogens with two attached hydrogens (primary N) is 1. The van der Waals surface area contributed by atoms with Crippen molar-refractivity contribution < 1.29 is 4.21 Å². The first-order valence-electron chi connectivity index (χ1n) is 7.27. The van der Waals surface area contributed by atoms with E-state index >= 15 is 0 Å². The van der Waals surface area contributed by atoms with Crippen LogP contribution in [0.2, 0.25) is 5.15 Å². The molecule has 8 nitrogen and oxygen atoms in total. The fraction of sp³-hybridized carbons (Fsp3) is 0.133. The maximum absolute atomic E-state index is 12.0. The van der Waals surface area contributed by atoms with Gasteiger partial charge in [-0.15, -0.1) is 4.36 Å². The molecule has 3 aromatic rings. The van der Waals surface area contributed by atoms with E-state index in [2.05, 4.69) is 19.8 Å². The monoisotopic (exact) mass is 375 g/mol. The van der Waals surface area contributed by atoms with Crippen molar-refractivity contribution in [1.29, 1.82) is 5.26 Å². The number of nitrogens with zero attached hydrogens (tertiary/aromatic N) is 5. The minimum atomic E-state index is -3.20. The van der Waals surface area contributed by atoms with Crippen molar-refractivity contribution in [2.45, 2.75) is 18.4 Å². The Morgan fingerprint density at radius 1 is 1.40 bits per heavy atom. The zero-order valence-electron chi connectivity index (χ0n) is 13.2. The molecule has 0 saturated carbocycles. The highest BCUT2D eigenvalue weighted by Crippen LogP contribution is 2.31. The number of hydrogen-bond acceptors (Lipinski definition) is 6. The lowest BCUT2D eigenvalue weighted by atomic mass is 10.2. The van der Waals surface area contributed by atoms with Crippen LogP contribution in [0.4, 0.5) is 11.4 Å². The van der Waals surface area contributed by atoms with Gasteiger partial charge >= 0.3 is 0 Å². The van der Waals surface area contributed by atoms with E-state index in [0.717, 1.165) is 16.8 Å². The highest BCUT2D eigenvalue weighted by Gasteiger charge is 2.14. The maximum Gasteiger partial charge on any atom is 0.216 e. The van der Waals surface area contributed by atoms with Crippen molar-refractivity contribution in [3.63, 3.8) is 0 Å². The number of aryl methyl sites for hydroxylation is 1. The molecule has 3 rings (SSSR count). The Hall–Kier alpha value is -2.67. The Balaban J connectivity index is 1.98. The molecular formula is C15H14ClN7OS. The summed E-state index contributed by atoms with van der Waals surface area (Å²) in [6, 6.07) is 8.29. The number of rotatable bonds is 4. The van der Waals surface area contributed by atoms with Gasteiger partial charge in [-0.2, -0.15) is 10.4 Å². The smallest absolute Gasteiger partial charge is 0.216 e. The number of halogens is 1. The summed E-state index contributed by atoms with van der Waals surface area (Å²) < 4.78 is 17.0. The van der Waals surface area contributed by atoms with Gasteiger partial charge in [0.2, 0.25) is 6.19 Å². The van der Waals surface area contributed by atoms with Crippen LogP contribution in [0.5, 0.6) is 0 Å². The normalized spacial score (nSPS) is 13.2. The third-order valence-corrected chi connectivity index (χ3v) is 5.10. The van der Waals surface area contributed by atoms with Crippen molar-refractivity contribution in [1.82, 2.24) is 14.8 Å². The van der Waals surface area contributed by atoms with Gasteiger partial charge < -0.3 is 5.32 Å². The molecule has 10 heteroatoms. The summed E-state index contributed by atoms with van der Waals surface area (Å²) in [6.07, 6.45) is 3.14. The predicted molar refractivity (Wildman–Crippen MR) is 96.6 cm³/mol. The van der Waals surface area contributed by atoms with E-state index in [-0.39, 0.29) is 4.90 Å². The average Bonchev–Trinajstić information content (AvgIpc) is 2.92. The van der Waals surface area contributed by atoms with Crippen molar-refractivity contribution in [2.75, 3.05) is 5.32 Å². The topological polar surface area (TPSA) is 122 Å². The summed E-state index contributed by atoms with van der Waals surface area (Å²) in [7, 11) is -3.20. The maximum atomic E-state index is 12.0. The number of pyridine rings is 1. The van der Waals surface area contributed by atoms with Crippen LogP contribution < -0.4 is 10.5 Å². The number of hydrogen-bond donors (Lipinski definition) is 2. The van der Waals surface area contributed by atoms with Gasteiger partial charge in [0.25, 0.3) is 0 Å². The molecule has 0 aliphatic rings. The van der Waals surface area contributed by atoms with E-state index in [4.69, 9.17) is 22.0 Å². The predicted octanol–water partition coefficient (Wildman–Crippen LogP) is 3.03. The number of nitrogens with one attached hydrogen (secondary N) is 1. The van der Waals surface area contributed by atoms with Gasteiger partial charge in [-0.25, -0.2) is 19.0 Å². The highest BCUT2D eigenvalue weighted by atomic mass is 35.5. The molecule has 0 spiro atoms. The van der Waals surface area contributed by atoms with Crippen LogP contribution in [0.1, 0.15) is 6.92 Å².